The Labute approximate surface area is 199 Å². The molecular weight excluding hydrogens is 448 g/mol. The highest BCUT2D eigenvalue weighted by molar-refractivity contribution is 7.15. The number of amides is 2. The summed E-state index contributed by atoms with van der Waals surface area (Å²) in [6, 6.07) is 21.2. The maximum absolute atomic E-state index is 13.0. The molecule has 0 bridgehead atoms. The molecule has 2 heterocycles. The van der Waals surface area contributed by atoms with Crippen LogP contribution in [0.5, 0.6) is 5.75 Å². The van der Waals surface area contributed by atoms with E-state index >= 15 is 0 Å². The zero-order valence-corrected chi connectivity index (χ0v) is 19.0. The van der Waals surface area contributed by atoms with Gasteiger partial charge in [0.1, 0.15) is 5.75 Å². The number of aromatic nitrogens is 2. The normalized spacial score (nSPS) is 10.7. The van der Waals surface area contributed by atoms with Crippen LogP contribution in [0.25, 0.3) is 16.2 Å². The third-order valence-corrected chi connectivity index (χ3v) is 6.07. The van der Waals surface area contributed by atoms with E-state index in [1.165, 1.54) is 0 Å². The van der Waals surface area contributed by atoms with Gasteiger partial charge in [-0.2, -0.15) is 0 Å². The SMILES string of the molecule is COc1ccc(C(=O)Nc2ccccc2C(=O)Nc2ccc(-c3cn4ccsc4n3)cc2)cc1. The number of carbonyl (C=O) groups excluding carboxylic acids is 2. The van der Waals surface area contributed by atoms with Crippen molar-refractivity contribution in [3.8, 4) is 17.0 Å². The Balaban J connectivity index is 1.30. The molecule has 0 radical (unpaired) electrons. The number of nitrogens with one attached hydrogen (secondary N) is 2. The van der Waals surface area contributed by atoms with Gasteiger partial charge in [-0.15, -0.1) is 11.3 Å². The monoisotopic (exact) mass is 468 g/mol. The fourth-order valence-corrected chi connectivity index (χ4v) is 4.22. The lowest BCUT2D eigenvalue weighted by atomic mass is 10.1. The lowest BCUT2D eigenvalue weighted by molar-refractivity contribution is 0.102. The number of anilines is 2. The minimum Gasteiger partial charge on any atom is -0.497 e. The number of ether oxygens (including phenoxy) is 1. The van der Waals surface area contributed by atoms with Crippen LogP contribution in [-0.4, -0.2) is 28.3 Å². The van der Waals surface area contributed by atoms with Crippen LogP contribution in [0, 0.1) is 0 Å². The molecule has 2 N–H and O–H groups in total. The van der Waals surface area contributed by atoms with Gasteiger partial charge in [0, 0.05) is 34.6 Å². The Morgan fingerprint density at radius 1 is 0.912 bits per heavy atom. The van der Waals surface area contributed by atoms with Crippen molar-refractivity contribution < 1.29 is 14.3 Å². The second-order valence-electron chi connectivity index (χ2n) is 7.48. The summed E-state index contributed by atoms with van der Waals surface area (Å²) in [6.45, 7) is 0. The molecule has 0 spiro atoms. The maximum Gasteiger partial charge on any atom is 0.257 e. The molecule has 7 nitrogen and oxygen atoms in total. The van der Waals surface area contributed by atoms with Crippen LogP contribution < -0.4 is 15.4 Å². The third-order valence-electron chi connectivity index (χ3n) is 5.30. The van der Waals surface area contributed by atoms with Gasteiger partial charge >= 0.3 is 0 Å². The van der Waals surface area contributed by atoms with Gasteiger partial charge in [-0.1, -0.05) is 24.3 Å². The zero-order chi connectivity index (χ0) is 23.5. The summed E-state index contributed by atoms with van der Waals surface area (Å²) in [7, 11) is 1.57. The van der Waals surface area contributed by atoms with Crippen LogP contribution in [0.1, 0.15) is 20.7 Å². The smallest absolute Gasteiger partial charge is 0.257 e. The minimum absolute atomic E-state index is 0.313. The fraction of sp³-hybridized carbons (Fsp3) is 0.0385. The Kier molecular flexibility index (Phi) is 5.80. The number of thiazole rings is 1. The van der Waals surface area contributed by atoms with Crippen molar-refractivity contribution in [2.75, 3.05) is 17.7 Å². The second kappa shape index (κ2) is 9.21. The summed E-state index contributed by atoms with van der Waals surface area (Å²) in [6.07, 6.45) is 3.94. The fourth-order valence-electron chi connectivity index (χ4n) is 3.52. The van der Waals surface area contributed by atoms with Gasteiger partial charge in [0.05, 0.1) is 24.1 Å². The lowest BCUT2D eigenvalue weighted by Crippen LogP contribution is -2.18. The highest BCUT2D eigenvalue weighted by Gasteiger charge is 2.15. The first-order valence-corrected chi connectivity index (χ1v) is 11.4. The minimum atomic E-state index is -0.319. The first-order chi connectivity index (χ1) is 16.6. The van der Waals surface area contributed by atoms with Gasteiger partial charge in [0.25, 0.3) is 11.8 Å². The summed E-state index contributed by atoms with van der Waals surface area (Å²) in [5.74, 6) is 0.0307. The molecule has 5 rings (SSSR count). The van der Waals surface area contributed by atoms with Crippen LogP contribution >= 0.6 is 11.3 Å². The number of methoxy groups -OCH3 is 1. The molecular formula is C26H20N4O3S. The standard InChI is InChI=1S/C26H20N4O3S/c1-33-20-12-8-18(9-13-20)24(31)28-22-5-3-2-4-21(22)25(32)27-19-10-6-17(7-11-19)23-16-30-14-15-34-26(30)29-23/h2-16H,1H3,(H,27,32)(H,28,31). The molecule has 0 unspecified atom stereocenters. The van der Waals surface area contributed by atoms with Crippen LogP contribution in [0.4, 0.5) is 11.4 Å². The topological polar surface area (TPSA) is 84.7 Å². The average Bonchev–Trinajstić information content (AvgIpc) is 3.48. The van der Waals surface area contributed by atoms with E-state index in [0.29, 0.717) is 28.3 Å². The van der Waals surface area contributed by atoms with E-state index in [4.69, 9.17) is 4.74 Å². The summed E-state index contributed by atoms with van der Waals surface area (Å²) in [4.78, 5) is 31.2. The maximum atomic E-state index is 13.0. The Morgan fingerprint density at radius 3 is 2.41 bits per heavy atom. The number of para-hydroxylation sites is 1. The molecule has 168 valence electrons. The van der Waals surface area contributed by atoms with Crippen molar-refractivity contribution in [2.24, 2.45) is 0 Å². The summed E-state index contributed by atoms with van der Waals surface area (Å²) in [5.41, 5.74) is 3.73. The number of carbonyl (C=O) groups is 2. The van der Waals surface area contributed by atoms with Crippen molar-refractivity contribution in [3.05, 3.63) is 102 Å². The van der Waals surface area contributed by atoms with Gasteiger partial charge in [-0.3, -0.25) is 14.0 Å². The predicted molar refractivity (Wildman–Crippen MR) is 134 cm³/mol. The van der Waals surface area contributed by atoms with Crippen molar-refractivity contribution in [3.63, 3.8) is 0 Å². The highest BCUT2D eigenvalue weighted by Crippen LogP contribution is 2.24. The largest absolute Gasteiger partial charge is 0.497 e. The van der Waals surface area contributed by atoms with Crippen LogP contribution in [-0.2, 0) is 0 Å². The predicted octanol–water partition coefficient (Wildman–Crippen LogP) is 5.58. The Bertz CT molecular complexity index is 1440. The molecule has 2 aromatic heterocycles. The highest BCUT2D eigenvalue weighted by atomic mass is 32.1. The molecule has 5 aromatic rings. The number of rotatable bonds is 6. The van der Waals surface area contributed by atoms with Gasteiger partial charge in [0.2, 0.25) is 0 Å². The average molecular weight is 469 g/mol. The van der Waals surface area contributed by atoms with Crippen LogP contribution in [0.15, 0.2) is 90.6 Å². The first-order valence-electron chi connectivity index (χ1n) is 10.5. The van der Waals surface area contributed by atoms with E-state index < -0.39 is 0 Å². The van der Waals surface area contributed by atoms with Gasteiger partial charge < -0.3 is 15.4 Å². The number of hydrogen-bond acceptors (Lipinski definition) is 5. The molecule has 3 aromatic carbocycles. The number of benzene rings is 3. The van der Waals surface area contributed by atoms with Gasteiger partial charge in [0.15, 0.2) is 4.96 Å². The Hall–Kier alpha value is -4.43. The van der Waals surface area contributed by atoms with Crippen molar-refractivity contribution >= 4 is 39.5 Å². The van der Waals surface area contributed by atoms with E-state index in [0.717, 1.165) is 16.2 Å². The van der Waals surface area contributed by atoms with E-state index in [2.05, 4.69) is 15.6 Å². The molecule has 2 amide bonds. The summed E-state index contributed by atoms with van der Waals surface area (Å²) in [5, 5.41) is 7.71. The first kappa shape index (κ1) is 21.4. The summed E-state index contributed by atoms with van der Waals surface area (Å²) < 4.78 is 7.11. The molecule has 0 saturated heterocycles. The number of imidazole rings is 1. The van der Waals surface area contributed by atoms with E-state index in [-0.39, 0.29) is 11.8 Å². The number of fused-ring (bicyclic) bond motifs is 1. The molecule has 0 aliphatic carbocycles. The molecule has 0 aliphatic rings. The number of hydrogen-bond donors (Lipinski definition) is 2. The van der Waals surface area contributed by atoms with Crippen molar-refractivity contribution in [1.29, 1.82) is 0 Å². The molecule has 0 aliphatic heterocycles. The van der Waals surface area contributed by atoms with Crippen molar-refractivity contribution in [1.82, 2.24) is 9.38 Å². The van der Waals surface area contributed by atoms with Crippen LogP contribution in [0.2, 0.25) is 0 Å². The van der Waals surface area contributed by atoms with Crippen molar-refractivity contribution in [2.45, 2.75) is 0 Å². The van der Waals surface area contributed by atoms with E-state index in [1.54, 1.807) is 67.0 Å². The van der Waals surface area contributed by atoms with E-state index in [1.807, 2.05) is 46.4 Å². The molecule has 0 fully saturated rings. The van der Waals surface area contributed by atoms with Crippen LogP contribution in [0.3, 0.4) is 0 Å². The quantitative estimate of drug-likeness (QED) is 0.341. The lowest BCUT2D eigenvalue weighted by Gasteiger charge is -2.12. The Morgan fingerprint density at radius 2 is 1.68 bits per heavy atom. The molecule has 34 heavy (non-hydrogen) atoms. The zero-order valence-electron chi connectivity index (χ0n) is 18.2. The second-order valence-corrected chi connectivity index (χ2v) is 8.35. The van der Waals surface area contributed by atoms with E-state index in [9.17, 15) is 9.59 Å². The summed E-state index contributed by atoms with van der Waals surface area (Å²) >= 11 is 1.58. The van der Waals surface area contributed by atoms with Gasteiger partial charge in [-0.05, 0) is 48.5 Å². The number of nitrogens with zero attached hydrogens (tertiary/aromatic N) is 2. The third kappa shape index (κ3) is 4.39. The molecule has 8 heteroatoms. The molecule has 0 saturated carbocycles. The van der Waals surface area contributed by atoms with Gasteiger partial charge in [-0.25, -0.2) is 4.98 Å². The molecule has 0 atom stereocenters.